The molecular formula is C12H14N2O2S. The van der Waals surface area contributed by atoms with E-state index >= 15 is 0 Å². The van der Waals surface area contributed by atoms with Crippen molar-refractivity contribution in [3.05, 3.63) is 24.3 Å². The molecule has 90 valence electrons. The van der Waals surface area contributed by atoms with E-state index in [0.29, 0.717) is 0 Å². The van der Waals surface area contributed by atoms with Crippen LogP contribution in [0.4, 0.5) is 0 Å². The van der Waals surface area contributed by atoms with E-state index in [2.05, 4.69) is 4.98 Å². The Morgan fingerprint density at radius 1 is 1.47 bits per heavy atom. The molecule has 0 aliphatic carbocycles. The number of rotatable bonds is 3. The van der Waals surface area contributed by atoms with Gasteiger partial charge in [-0.1, -0.05) is 23.9 Å². The van der Waals surface area contributed by atoms with Gasteiger partial charge in [-0.2, -0.15) is 0 Å². The van der Waals surface area contributed by atoms with E-state index in [-0.39, 0.29) is 11.2 Å². The van der Waals surface area contributed by atoms with Crippen LogP contribution in [0.15, 0.2) is 29.4 Å². The maximum atomic E-state index is 11.4. The Balaban J connectivity index is 2.30. The lowest BCUT2D eigenvalue weighted by Gasteiger charge is -2.07. The van der Waals surface area contributed by atoms with Crippen molar-refractivity contribution < 1.29 is 9.53 Å². The number of carbonyl (C=O) groups excluding carboxylic acids is 1. The molecule has 0 saturated carbocycles. The highest BCUT2D eigenvalue weighted by molar-refractivity contribution is 8.00. The summed E-state index contributed by atoms with van der Waals surface area (Å²) >= 11 is 1.41. The lowest BCUT2D eigenvalue weighted by Crippen LogP contribution is -2.15. The van der Waals surface area contributed by atoms with Crippen molar-refractivity contribution in [3.8, 4) is 0 Å². The standard InChI is InChI=1S/C12H14N2O2S/c1-8(11(15)16-3)17-12-13-9-6-4-5-7-10(9)14(12)2/h4-8H,1-3H3. The van der Waals surface area contributed by atoms with E-state index < -0.39 is 0 Å². The number of esters is 1. The summed E-state index contributed by atoms with van der Waals surface area (Å²) in [4.78, 5) is 15.8. The van der Waals surface area contributed by atoms with Gasteiger partial charge in [-0.25, -0.2) is 4.98 Å². The van der Waals surface area contributed by atoms with Crippen LogP contribution in [0.2, 0.25) is 0 Å². The van der Waals surface area contributed by atoms with Crippen molar-refractivity contribution in [2.45, 2.75) is 17.3 Å². The number of imidazole rings is 1. The van der Waals surface area contributed by atoms with Crippen LogP contribution in [0.5, 0.6) is 0 Å². The SMILES string of the molecule is COC(=O)C(C)Sc1nc2ccccc2n1C. The Labute approximate surface area is 104 Å². The van der Waals surface area contributed by atoms with Crippen molar-refractivity contribution in [1.82, 2.24) is 9.55 Å². The number of aryl methyl sites for hydroxylation is 1. The van der Waals surface area contributed by atoms with Crippen molar-refractivity contribution in [2.24, 2.45) is 7.05 Å². The monoisotopic (exact) mass is 250 g/mol. The van der Waals surface area contributed by atoms with Gasteiger partial charge in [0.2, 0.25) is 0 Å². The summed E-state index contributed by atoms with van der Waals surface area (Å²) < 4.78 is 6.69. The van der Waals surface area contributed by atoms with Gasteiger partial charge in [-0.05, 0) is 19.1 Å². The van der Waals surface area contributed by atoms with E-state index in [0.717, 1.165) is 16.2 Å². The minimum absolute atomic E-state index is 0.234. The molecular weight excluding hydrogens is 236 g/mol. The van der Waals surface area contributed by atoms with Crippen LogP contribution < -0.4 is 0 Å². The summed E-state index contributed by atoms with van der Waals surface area (Å²) in [6.07, 6.45) is 0. The third-order valence-electron chi connectivity index (χ3n) is 2.56. The topological polar surface area (TPSA) is 44.1 Å². The van der Waals surface area contributed by atoms with Crippen LogP contribution >= 0.6 is 11.8 Å². The minimum atomic E-state index is -0.254. The lowest BCUT2D eigenvalue weighted by atomic mass is 10.3. The summed E-state index contributed by atoms with van der Waals surface area (Å²) in [6.45, 7) is 1.82. The highest BCUT2D eigenvalue weighted by Crippen LogP contribution is 2.26. The molecule has 0 aliphatic rings. The van der Waals surface area contributed by atoms with Gasteiger partial charge in [0, 0.05) is 7.05 Å². The lowest BCUT2D eigenvalue weighted by molar-refractivity contribution is -0.139. The highest BCUT2D eigenvalue weighted by atomic mass is 32.2. The fourth-order valence-corrected chi connectivity index (χ4v) is 2.52. The number of ether oxygens (including phenoxy) is 1. The van der Waals surface area contributed by atoms with Gasteiger partial charge < -0.3 is 9.30 Å². The molecule has 0 fully saturated rings. The summed E-state index contributed by atoms with van der Waals surface area (Å²) in [7, 11) is 3.34. The second-order valence-electron chi connectivity index (χ2n) is 3.73. The Morgan fingerprint density at radius 2 is 2.18 bits per heavy atom. The zero-order valence-corrected chi connectivity index (χ0v) is 10.8. The minimum Gasteiger partial charge on any atom is -0.468 e. The van der Waals surface area contributed by atoms with Crippen LogP contribution in [0.25, 0.3) is 11.0 Å². The third-order valence-corrected chi connectivity index (χ3v) is 3.68. The molecule has 1 heterocycles. The highest BCUT2D eigenvalue weighted by Gasteiger charge is 2.18. The van der Waals surface area contributed by atoms with Crippen LogP contribution in [0.1, 0.15) is 6.92 Å². The molecule has 4 nitrogen and oxygen atoms in total. The van der Waals surface area contributed by atoms with Gasteiger partial charge >= 0.3 is 5.97 Å². The average Bonchev–Trinajstić information content (AvgIpc) is 2.66. The number of benzene rings is 1. The van der Waals surface area contributed by atoms with E-state index in [1.54, 1.807) is 0 Å². The quantitative estimate of drug-likeness (QED) is 0.619. The Morgan fingerprint density at radius 3 is 2.82 bits per heavy atom. The van der Waals surface area contributed by atoms with Crippen molar-refractivity contribution in [2.75, 3.05) is 7.11 Å². The van der Waals surface area contributed by atoms with Gasteiger partial charge in [0.05, 0.1) is 18.1 Å². The van der Waals surface area contributed by atoms with E-state index in [9.17, 15) is 4.79 Å². The molecule has 1 unspecified atom stereocenters. The average molecular weight is 250 g/mol. The number of para-hydroxylation sites is 2. The fourth-order valence-electron chi connectivity index (χ4n) is 1.60. The number of carbonyl (C=O) groups is 1. The first kappa shape index (κ1) is 12.0. The number of nitrogens with zero attached hydrogens (tertiary/aromatic N) is 2. The second-order valence-corrected chi connectivity index (χ2v) is 5.03. The van der Waals surface area contributed by atoms with Gasteiger partial charge in [-0.15, -0.1) is 0 Å². The number of thioether (sulfide) groups is 1. The van der Waals surface area contributed by atoms with Crippen molar-refractivity contribution in [3.63, 3.8) is 0 Å². The number of fused-ring (bicyclic) bond motifs is 1. The molecule has 0 saturated heterocycles. The van der Waals surface area contributed by atoms with Gasteiger partial charge in [0.1, 0.15) is 5.25 Å². The largest absolute Gasteiger partial charge is 0.468 e. The zero-order chi connectivity index (χ0) is 12.4. The first-order chi connectivity index (χ1) is 8.13. The second kappa shape index (κ2) is 4.79. The van der Waals surface area contributed by atoms with Gasteiger partial charge in [-0.3, -0.25) is 4.79 Å². The maximum Gasteiger partial charge on any atom is 0.318 e. The summed E-state index contributed by atoms with van der Waals surface area (Å²) in [5.41, 5.74) is 2.00. The first-order valence-electron chi connectivity index (χ1n) is 5.29. The normalized spacial score (nSPS) is 12.6. The van der Waals surface area contributed by atoms with Gasteiger partial charge in [0.15, 0.2) is 5.16 Å². The summed E-state index contributed by atoms with van der Waals surface area (Å²) in [5, 5.41) is 0.569. The van der Waals surface area contributed by atoms with Crippen molar-refractivity contribution >= 4 is 28.8 Å². The number of aromatic nitrogens is 2. The van der Waals surface area contributed by atoms with E-state index in [1.165, 1.54) is 18.9 Å². The molecule has 0 amide bonds. The molecule has 0 spiro atoms. The van der Waals surface area contributed by atoms with Crippen LogP contribution in [-0.4, -0.2) is 27.9 Å². The summed E-state index contributed by atoms with van der Waals surface area (Å²) in [6, 6.07) is 7.90. The molecule has 0 aliphatic heterocycles. The Bertz CT molecular complexity index is 550. The van der Waals surface area contributed by atoms with E-state index in [1.807, 2.05) is 42.8 Å². The molecule has 2 rings (SSSR count). The predicted molar refractivity (Wildman–Crippen MR) is 68.0 cm³/mol. The summed E-state index contributed by atoms with van der Waals surface area (Å²) in [5.74, 6) is -0.234. The molecule has 0 N–H and O–H groups in total. The molecule has 17 heavy (non-hydrogen) atoms. The molecule has 1 aromatic carbocycles. The number of hydrogen-bond donors (Lipinski definition) is 0. The first-order valence-corrected chi connectivity index (χ1v) is 6.17. The third kappa shape index (κ3) is 2.29. The Hall–Kier alpha value is -1.49. The number of hydrogen-bond acceptors (Lipinski definition) is 4. The molecule has 1 atom stereocenters. The molecule has 0 bridgehead atoms. The molecule has 0 radical (unpaired) electrons. The molecule has 2 aromatic rings. The predicted octanol–water partition coefficient (Wildman–Crippen LogP) is 2.23. The maximum absolute atomic E-state index is 11.4. The smallest absolute Gasteiger partial charge is 0.318 e. The van der Waals surface area contributed by atoms with Crippen molar-refractivity contribution in [1.29, 1.82) is 0 Å². The molecule has 1 aromatic heterocycles. The number of methoxy groups -OCH3 is 1. The van der Waals surface area contributed by atoms with Crippen LogP contribution in [-0.2, 0) is 16.6 Å². The Kier molecular flexibility index (Phi) is 3.38. The molecule has 5 heteroatoms. The van der Waals surface area contributed by atoms with Crippen LogP contribution in [0.3, 0.4) is 0 Å². The van der Waals surface area contributed by atoms with Gasteiger partial charge in [0.25, 0.3) is 0 Å². The fraction of sp³-hybridized carbons (Fsp3) is 0.333. The van der Waals surface area contributed by atoms with E-state index in [4.69, 9.17) is 4.74 Å². The zero-order valence-electron chi connectivity index (χ0n) is 10.0. The van der Waals surface area contributed by atoms with Crippen LogP contribution in [0, 0.1) is 0 Å².